The van der Waals surface area contributed by atoms with Crippen LogP contribution < -0.4 is 14.8 Å². The lowest BCUT2D eigenvalue weighted by molar-refractivity contribution is 0.0240. The molecular weight excluding hydrogens is 492 g/mol. The van der Waals surface area contributed by atoms with Crippen molar-refractivity contribution in [1.82, 2.24) is 19.6 Å². The predicted octanol–water partition coefficient (Wildman–Crippen LogP) is 2.92. The number of thioether (sulfide) groups is 1. The number of methoxy groups -OCH3 is 1. The molecule has 0 radical (unpaired) electrons. The number of hydrogen-bond donors (Lipinski definition) is 2. The lowest BCUT2D eigenvalue weighted by atomic mass is 10.1. The van der Waals surface area contributed by atoms with Gasteiger partial charge in [-0.15, -0.1) is 0 Å². The molecule has 14 heteroatoms. The lowest BCUT2D eigenvalue weighted by Gasteiger charge is -2.37. The molecule has 0 aliphatic carbocycles. The summed E-state index contributed by atoms with van der Waals surface area (Å²) in [7, 11) is -2.65. The number of hydrogen-bond acceptors (Lipinski definition) is 8. The van der Waals surface area contributed by atoms with Gasteiger partial charge in [0.05, 0.1) is 20.2 Å². The second-order valence-corrected chi connectivity index (χ2v) is 11.0. The fourth-order valence-electron chi connectivity index (χ4n) is 2.78. The van der Waals surface area contributed by atoms with Crippen molar-refractivity contribution in [3.63, 3.8) is 0 Å². The number of benzene rings is 1. The Balaban J connectivity index is 1.62. The van der Waals surface area contributed by atoms with Crippen LogP contribution in [0.1, 0.15) is 26.3 Å². The van der Waals surface area contributed by atoms with Gasteiger partial charge in [0.1, 0.15) is 11.9 Å². The quantitative estimate of drug-likeness (QED) is 0.405. The first kappa shape index (κ1) is 25.9. The van der Waals surface area contributed by atoms with E-state index in [-0.39, 0.29) is 41.3 Å². The van der Waals surface area contributed by atoms with Crippen LogP contribution >= 0.6 is 11.8 Å². The number of alkyl carbamates (subject to hydrolysis) is 1. The maximum Gasteiger partial charge on any atom is 0.407 e. The molecule has 2 aromatic rings. The first-order valence-corrected chi connectivity index (χ1v) is 12.5. The van der Waals surface area contributed by atoms with Crippen molar-refractivity contribution in [2.45, 2.75) is 43.3 Å². The lowest BCUT2D eigenvalue weighted by Crippen LogP contribution is -2.58. The van der Waals surface area contributed by atoms with Gasteiger partial charge in [0.15, 0.2) is 16.8 Å². The summed E-state index contributed by atoms with van der Waals surface area (Å²) >= 11 is 0.984. The zero-order chi connectivity index (χ0) is 25.1. The monoisotopic (exact) mass is 517 g/mol. The van der Waals surface area contributed by atoms with E-state index in [1.54, 1.807) is 20.8 Å². The molecule has 0 bridgehead atoms. The van der Waals surface area contributed by atoms with Crippen LogP contribution in [0.3, 0.4) is 0 Å². The number of carbonyl (C=O) groups is 1. The molecule has 0 saturated carbocycles. The number of amides is 1. The third-order valence-electron chi connectivity index (χ3n) is 4.42. The summed E-state index contributed by atoms with van der Waals surface area (Å²) in [5.41, 5.74) is -0.364. The number of ether oxygens (including phenoxy) is 2. The molecule has 1 aromatic heterocycles. The number of anilines is 1. The first-order valence-electron chi connectivity index (χ1n) is 10.1. The van der Waals surface area contributed by atoms with Crippen molar-refractivity contribution in [2.75, 3.05) is 24.9 Å². The summed E-state index contributed by atoms with van der Waals surface area (Å²) in [6, 6.07) is 5.12. The SMILES string of the molecule is COc1cc(NS(=O)(=O)N2CC(OC(=O)NC(C)(C)C)C2)nc(SCc2cccc(F)c2F)n1. The normalized spacial score (nSPS) is 14.9. The van der Waals surface area contributed by atoms with E-state index >= 15 is 0 Å². The maximum absolute atomic E-state index is 13.9. The first-order chi connectivity index (χ1) is 15.9. The number of carbonyl (C=O) groups excluding carboxylic acids is 1. The van der Waals surface area contributed by atoms with Crippen LogP contribution in [0.15, 0.2) is 29.4 Å². The molecule has 10 nitrogen and oxygen atoms in total. The molecule has 1 aromatic carbocycles. The van der Waals surface area contributed by atoms with E-state index in [9.17, 15) is 22.0 Å². The standard InChI is InChI=1S/C20H25F2N5O5S2/c1-20(2,3)25-19(28)32-13-9-27(10-13)34(29,30)26-15-8-16(31-4)24-18(23-15)33-11-12-6-5-7-14(21)17(12)22/h5-8,13H,9-11H2,1-4H3,(H,25,28)(H,23,24,26). The minimum Gasteiger partial charge on any atom is -0.481 e. The van der Waals surface area contributed by atoms with Gasteiger partial charge in [-0.05, 0) is 26.8 Å². The maximum atomic E-state index is 13.9. The Morgan fingerprint density at radius 1 is 1.26 bits per heavy atom. The number of aromatic nitrogens is 2. The summed E-state index contributed by atoms with van der Waals surface area (Å²) < 4.78 is 66.4. The molecular formula is C20H25F2N5O5S2. The third kappa shape index (κ3) is 6.90. The van der Waals surface area contributed by atoms with Crippen molar-refractivity contribution < 1.29 is 31.5 Å². The van der Waals surface area contributed by atoms with Gasteiger partial charge in [0.25, 0.3) is 0 Å². The van der Waals surface area contributed by atoms with Crippen molar-refractivity contribution in [1.29, 1.82) is 0 Å². The largest absolute Gasteiger partial charge is 0.481 e. The van der Waals surface area contributed by atoms with Gasteiger partial charge in [-0.2, -0.15) is 17.7 Å². The minimum atomic E-state index is -3.99. The van der Waals surface area contributed by atoms with E-state index in [0.29, 0.717) is 0 Å². The zero-order valence-electron chi connectivity index (χ0n) is 19.0. The van der Waals surface area contributed by atoms with Crippen LogP contribution in [0, 0.1) is 11.6 Å². The van der Waals surface area contributed by atoms with Crippen LogP contribution in [0.2, 0.25) is 0 Å². The van der Waals surface area contributed by atoms with Crippen molar-refractivity contribution in [3.8, 4) is 5.88 Å². The Hall–Kier alpha value is -2.71. The van der Waals surface area contributed by atoms with Gasteiger partial charge >= 0.3 is 16.3 Å². The Bertz CT molecular complexity index is 1150. The van der Waals surface area contributed by atoms with Crippen LogP contribution in [-0.2, 0) is 20.7 Å². The predicted molar refractivity (Wildman–Crippen MR) is 122 cm³/mol. The van der Waals surface area contributed by atoms with Crippen LogP contribution in [-0.4, -0.2) is 60.6 Å². The summed E-state index contributed by atoms with van der Waals surface area (Å²) in [5, 5.41) is 2.74. The summed E-state index contributed by atoms with van der Waals surface area (Å²) in [6.45, 7) is 5.36. The number of nitrogens with zero attached hydrogens (tertiary/aromatic N) is 3. The highest BCUT2D eigenvalue weighted by Gasteiger charge is 2.39. The average molecular weight is 518 g/mol. The Labute approximate surface area is 200 Å². The van der Waals surface area contributed by atoms with E-state index in [1.165, 1.54) is 25.3 Å². The van der Waals surface area contributed by atoms with Gasteiger partial charge in [-0.25, -0.2) is 18.6 Å². The summed E-state index contributed by atoms with van der Waals surface area (Å²) in [5.74, 6) is -1.90. The summed E-state index contributed by atoms with van der Waals surface area (Å²) in [4.78, 5) is 20.1. The number of nitrogens with one attached hydrogen (secondary N) is 2. The van der Waals surface area contributed by atoms with E-state index in [2.05, 4.69) is 20.0 Å². The zero-order valence-corrected chi connectivity index (χ0v) is 20.6. The molecule has 186 valence electrons. The van der Waals surface area contributed by atoms with Gasteiger partial charge in [-0.3, -0.25) is 4.72 Å². The molecule has 34 heavy (non-hydrogen) atoms. The average Bonchev–Trinajstić information content (AvgIpc) is 2.69. The topological polar surface area (TPSA) is 123 Å². The molecule has 1 saturated heterocycles. The van der Waals surface area contributed by atoms with Crippen molar-refractivity contribution >= 4 is 33.9 Å². The van der Waals surface area contributed by atoms with Crippen molar-refractivity contribution in [3.05, 3.63) is 41.5 Å². The molecule has 3 rings (SSSR count). The molecule has 2 N–H and O–H groups in total. The highest BCUT2D eigenvalue weighted by molar-refractivity contribution is 7.98. The molecule has 1 aliphatic heterocycles. The number of halogens is 2. The number of rotatable bonds is 8. The Kier molecular flexibility index (Phi) is 7.83. The molecule has 2 heterocycles. The van der Waals surface area contributed by atoms with E-state index in [4.69, 9.17) is 9.47 Å². The van der Waals surface area contributed by atoms with Gasteiger partial charge in [-0.1, -0.05) is 23.9 Å². The molecule has 0 unspecified atom stereocenters. The summed E-state index contributed by atoms with van der Waals surface area (Å²) in [6.07, 6.45) is -1.20. The van der Waals surface area contributed by atoms with Crippen LogP contribution in [0.4, 0.5) is 19.4 Å². The van der Waals surface area contributed by atoms with Gasteiger partial charge < -0.3 is 14.8 Å². The third-order valence-corrected chi connectivity index (χ3v) is 6.76. The molecule has 1 fully saturated rings. The molecule has 1 amide bonds. The highest BCUT2D eigenvalue weighted by Crippen LogP contribution is 2.27. The molecule has 0 spiro atoms. The Morgan fingerprint density at radius 3 is 2.62 bits per heavy atom. The van der Waals surface area contributed by atoms with E-state index in [0.717, 1.165) is 22.1 Å². The second kappa shape index (κ2) is 10.3. The highest BCUT2D eigenvalue weighted by atomic mass is 32.2. The van der Waals surface area contributed by atoms with Crippen LogP contribution in [0.25, 0.3) is 0 Å². The minimum absolute atomic E-state index is 0.0183. The van der Waals surface area contributed by atoms with Gasteiger partial charge in [0, 0.05) is 22.9 Å². The fraction of sp³-hybridized carbons (Fsp3) is 0.450. The van der Waals surface area contributed by atoms with E-state index < -0.39 is 39.6 Å². The molecule has 0 atom stereocenters. The van der Waals surface area contributed by atoms with Gasteiger partial charge in [0.2, 0.25) is 5.88 Å². The van der Waals surface area contributed by atoms with E-state index in [1.807, 2.05) is 0 Å². The second-order valence-electron chi connectivity index (χ2n) is 8.41. The van der Waals surface area contributed by atoms with Crippen molar-refractivity contribution in [2.24, 2.45) is 0 Å². The van der Waals surface area contributed by atoms with Crippen LogP contribution in [0.5, 0.6) is 5.88 Å². The molecule has 1 aliphatic rings. The smallest absolute Gasteiger partial charge is 0.407 e. The fourth-order valence-corrected chi connectivity index (χ4v) is 4.83. The Morgan fingerprint density at radius 2 is 1.97 bits per heavy atom.